The summed E-state index contributed by atoms with van der Waals surface area (Å²) in [6.07, 6.45) is -1.79. The van der Waals surface area contributed by atoms with E-state index >= 15 is 0 Å². The largest absolute Gasteiger partial charge is 0.456 e. The van der Waals surface area contributed by atoms with Crippen molar-refractivity contribution in [3.63, 3.8) is 0 Å². The molecule has 0 bridgehead atoms. The molecule has 21 heavy (non-hydrogen) atoms. The van der Waals surface area contributed by atoms with Gasteiger partial charge in [0.2, 0.25) is 0 Å². The van der Waals surface area contributed by atoms with E-state index in [1.807, 2.05) is 0 Å². The molecule has 0 radical (unpaired) electrons. The van der Waals surface area contributed by atoms with Crippen molar-refractivity contribution in [3.8, 4) is 11.5 Å². The fraction of sp³-hybridized carbons (Fsp3) is 0.0769. The molecule has 1 aromatic heterocycles. The monoisotopic (exact) mass is 297 g/mol. The van der Waals surface area contributed by atoms with E-state index in [-0.39, 0.29) is 5.75 Å². The molecule has 1 aromatic carbocycles. The highest BCUT2D eigenvalue weighted by atomic mass is 19.4. The number of benzene rings is 1. The highest BCUT2D eigenvalue weighted by Gasteiger charge is 2.35. The van der Waals surface area contributed by atoms with Crippen LogP contribution < -0.4 is 10.5 Å². The average molecular weight is 297 g/mol. The lowest BCUT2D eigenvalue weighted by Crippen LogP contribution is -2.20. The van der Waals surface area contributed by atoms with Crippen molar-refractivity contribution < 1.29 is 23.1 Å². The minimum atomic E-state index is -4.67. The Morgan fingerprint density at radius 1 is 1.24 bits per heavy atom. The van der Waals surface area contributed by atoms with Gasteiger partial charge in [-0.3, -0.25) is 4.98 Å². The number of rotatable bonds is 3. The number of pyridine rings is 1. The van der Waals surface area contributed by atoms with Crippen molar-refractivity contribution in [2.75, 3.05) is 0 Å². The van der Waals surface area contributed by atoms with Crippen LogP contribution in [-0.2, 0) is 6.18 Å². The van der Waals surface area contributed by atoms with E-state index in [1.165, 1.54) is 18.5 Å². The molecule has 0 aliphatic carbocycles. The van der Waals surface area contributed by atoms with Gasteiger partial charge in [0.1, 0.15) is 11.5 Å². The molecule has 2 aromatic rings. The Morgan fingerprint density at radius 3 is 2.57 bits per heavy atom. The van der Waals surface area contributed by atoms with Gasteiger partial charge in [-0.15, -0.1) is 0 Å². The van der Waals surface area contributed by atoms with Crippen LogP contribution in [0.3, 0.4) is 0 Å². The summed E-state index contributed by atoms with van der Waals surface area (Å²) >= 11 is 0. The molecule has 5 nitrogen and oxygen atoms in total. The Labute approximate surface area is 117 Å². The molecule has 0 amide bonds. The summed E-state index contributed by atoms with van der Waals surface area (Å²) in [5.74, 6) is -0.373. The molecule has 0 aliphatic heterocycles. The zero-order chi connectivity index (χ0) is 15.5. The summed E-state index contributed by atoms with van der Waals surface area (Å²) in [6, 6.07) is 6.28. The van der Waals surface area contributed by atoms with Gasteiger partial charge < -0.3 is 15.7 Å². The average Bonchev–Trinajstić information content (AvgIpc) is 2.46. The normalized spacial score (nSPS) is 12.2. The number of oxime groups is 1. The lowest BCUT2D eigenvalue weighted by atomic mass is 10.1. The highest BCUT2D eigenvalue weighted by Crippen LogP contribution is 2.35. The van der Waals surface area contributed by atoms with Crippen LogP contribution in [-0.4, -0.2) is 16.0 Å². The van der Waals surface area contributed by atoms with E-state index in [9.17, 15) is 13.2 Å². The first-order valence-corrected chi connectivity index (χ1v) is 5.69. The molecule has 1 heterocycles. The Hall–Kier alpha value is -2.77. The summed E-state index contributed by atoms with van der Waals surface area (Å²) in [7, 11) is 0. The first-order valence-electron chi connectivity index (χ1n) is 5.69. The fourth-order valence-electron chi connectivity index (χ4n) is 1.64. The van der Waals surface area contributed by atoms with E-state index in [2.05, 4.69) is 10.1 Å². The van der Waals surface area contributed by atoms with E-state index in [4.69, 9.17) is 15.7 Å². The van der Waals surface area contributed by atoms with Gasteiger partial charge in [-0.25, -0.2) is 0 Å². The maximum atomic E-state index is 13.0. The molecule has 0 fully saturated rings. The molecule has 0 spiro atoms. The quantitative estimate of drug-likeness (QED) is 0.395. The predicted octanol–water partition coefficient (Wildman–Crippen LogP) is 2.99. The summed E-state index contributed by atoms with van der Waals surface area (Å²) < 4.78 is 44.3. The SMILES string of the molecule is N/C(=N\O)c1ccc(Oc2cccnc2)cc1C(F)(F)F. The fourth-order valence-corrected chi connectivity index (χ4v) is 1.64. The van der Waals surface area contributed by atoms with Crippen LogP contribution >= 0.6 is 0 Å². The summed E-state index contributed by atoms with van der Waals surface area (Å²) in [5, 5.41) is 11.1. The summed E-state index contributed by atoms with van der Waals surface area (Å²) in [5.41, 5.74) is 3.76. The zero-order valence-corrected chi connectivity index (χ0v) is 10.5. The van der Waals surface area contributed by atoms with Gasteiger partial charge in [-0.2, -0.15) is 13.2 Å². The van der Waals surface area contributed by atoms with Crippen LogP contribution in [0.2, 0.25) is 0 Å². The number of amidine groups is 1. The number of nitrogens with two attached hydrogens (primary N) is 1. The van der Waals surface area contributed by atoms with E-state index in [1.54, 1.807) is 12.1 Å². The van der Waals surface area contributed by atoms with Gasteiger partial charge in [-0.05, 0) is 30.3 Å². The summed E-state index contributed by atoms with van der Waals surface area (Å²) in [4.78, 5) is 3.79. The topological polar surface area (TPSA) is 80.7 Å². The maximum Gasteiger partial charge on any atom is 0.417 e. The van der Waals surface area contributed by atoms with Crippen LogP contribution in [0.1, 0.15) is 11.1 Å². The third kappa shape index (κ3) is 3.41. The molecule has 110 valence electrons. The molecular formula is C13H10F3N3O2. The Morgan fingerprint density at radius 2 is 2.00 bits per heavy atom. The van der Waals surface area contributed by atoms with Crippen LogP contribution in [0.15, 0.2) is 47.9 Å². The molecule has 0 aliphatic rings. The first kappa shape index (κ1) is 14.6. The molecular weight excluding hydrogens is 287 g/mol. The van der Waals surface area contributed by atoms with Crippen LogP contribution in [0.5, 0.6) is 11.5 Å². The lowest BCUT2D eigenvalue weighted by molar-refractivity contribution is -0.137. The van der Waals surface area contributed by atoms with Crippen LogP contribution in [0.25, 0.3) is 0 Å². The van der Waals surface area contributed by atoms with Crippen LogP contribution in [0, 0.1) is 0 Å². The minimum absolute atomic E-state index is 0.0372. The third-order valence-corrected chi connectivity index (χ3v) is 2.55. The second-order valence-electron chi connectivity index (χ2n) is 3.98. The van der Waals surface area contributed by atoms with Crippen molar-refractivity contribution in [1.82, 2.24) is 4.98 Å². The van der Waals surface area contributed by atoms with Crippen molar-refractivity contribution in [1.29, 1.82) is 0 Å². The van der Waals surface area contributed by atoms with Gasteiger partial charge in [-0.1, -0.05) is 5.16 Å². The van der Waals surface area contributed by atoms with Gasteiger partial charge in [0, 0.05) is 11.8 Å². The molecule has 0 unspecified atom stereocenters. The number of nitrogens with zero attached hydrogens (tertiary/aromatic N) is 2. The van der Waals surface area contributed by atoms with Crippen molar-refractivity contribution in [3.05, 3.63) is 53.9 Å². The molecule has 2 rings (SSSR count). The number of hydrogen-bond acceptors (Lipinski definition) is 4. The molecule has 0 saturated carbocycles. The van der Waals surface area contributed by atoms with Crippen molar-refractivity contribution in [2.24, 2.45) is 10.9 Å². The molecule has 0 atom stereocenters. The predicted molar refractivity (Wildman–Crippen MR) is 68.3 cm³/mol. The van der Waals surface area contributed by atoms with Crippen molar-refractivity contribution >= 4 is 5.84 Å². The number of alkyl halides is 3. The minimum Gasteiger partial charge on any atom is -0.456 e. The Bertz CT molecular complexity index is 657. The standard InChI is InChI=1S/C13H10F3N3O2/c14-13(15,16)11-6-8(3-4-10(11)12(17)19-20)21-9-2-1-5-18-7-9/h1-7,20H,(H2,17,19). The number of hydrogen-bond donors (Lipinski definition) is 2. The second-order valence-corrected chi connectivity index (χ2v) is 3.98. The number of aromatic nitrogens is 1. The zero-order valence-electron chi connectivity index (χ0n) is 10.5. The Kier molecular flexibility index (Phi) is 3.97. The van der Waals surface area contributed by atoms with E-state index in [0.29, 0.717) is 5.75 Å². The smallest absolute Gasteiger partial charge is 0.417 e. The van der Waals surface area contributed by atoms with Gasteiger partial charge >= 0.3 is 6.18 Å². The lowest BCUT2D eigenvalue weighted by Gasteiger charge is -2.14. The highest BCUT2D eigenvalue weighted by molar-refractivity contribution is 5.98. The molecule has 3 N–H and O–H groups in total. The second kappa shape index (κ2) is 5.70. The Balaban J connectivity index is 2.43. The number of halogens is 3. The summed E-state index contributed by atoms with van der Waals surface area (Å²) in [6.45, 7) is 0. The number of ether oxygens (including phenoxy) is 1. The first-order chi connectivity index (χ1) is 9.91. The molecule has 8 heteroatoms. The van der Waals surface area contributed by atoms with Crippen LogP contribution in [0.4, 0.5) is 13.2 Å². The van der Waals surface area contributed by atoms with Gasteiger partial charge in [0.15, 0.2) is 5.84 Å². The van der Waals surface area contributed by atoms with Gasteiger partial charge in [0.05, 0.1) is 11.8 Å². The third-order valence-electron chi connectivity index (χ3n) is 2.55. The van der Waals surface area contributed by atoms with E-state index in [0.717, 1.165) is 12.1 Å². The maximum absolute atomic E-state index is 13.0. The van der Waals surface area contributed by atoms with Crippen molar-refractivity contribution in [2.45, 2.75) is 6.18 Å². The van der Waals surface area contributed by atoms with Gasteiger partial charge in [0.25, 0.3) is 0 Å². The molecule has 0 saturated heterocycles. The van der Waals surface area contributed by atoms with E-state index < -0.39 is 23.1 Å².